The van der Waals surface area contributed by atoms with Gasteiger partial charge in [-0.3, -0.25) is 13.9 Å². The number of rotatable bonds is 11. The van der Waals surface area contributed by atoms with E-state index in [-0.39, 0.29) is 29.9 Å². The van der Waals surface area contributed by atoms with E-state index in [2.05, 4.69) is 5.32 Å². The fraction of sp³-hybridized carbons (Fsp3) is 0.481. The molecule has 2 aromatic carbocycles. The van der Waals surface area contributed by atoms with Crippen LogP contribution in [0.1, 0.15) is 44.6 Å². The summed E-state index contributed by atoms with van der Waals surface area (Å²) in [4.78, 5) is 28.5. The average Bonchev–Trinajstić information content (AvgIpc) is 2.90. The van der Waals surface area contributed by atoms with E-state index in [9.17, 15) is 18.0 Å². The van der Waals surface area contributed by atoms with Gasteiger partial charge in [0.1, 0.15) is 24.1 Å². The van der Waals surface area contributed by atoms with Crippen LogP contribution in [-0.4, -0.2) is 64.2 Å². The molecule has 1 N–H and O–H groups in total. The van der Waals surface area contributed by atoms with Crippen LogP contribution in [-0.2, 0) is 26.2 Å². The summed E-state index contributed by atoms with van der Waals surface area (Å²) in [5, 5.41) is 3.71. The van der Waals surface area contributed by atoms with Gasteiger partial charge in [0.2, 0.25) is 21.8 Å². The Balaban J connectivity index is 1.98. The van der Waals surface area contributed by atoms with Gasteiger partial charge in [-0.15, -0.1) is 0 Å². The molecule has 0 spiro atoms. The third-order valence-corrected chi connectivity index (χ3v) is 8.68. The van der Waals surface area contributed by atoms with Crippen LogP contribution in [0.3, 0.4) is 0 Å². The van der Waals surface area contributed by atoms with Crippen molar-refractivity contribution >= 4 is 50.7 Å². The lowest BCUT2D eigenvalue weighted by molar-refractivity contribution is -0.139. The highest BCUT2D eigenvalue weighted by molar-refractivity contribution is 7.92. The van der Waals surface area contributed by atoms with Crippen LogP contribution >= 0.6 is 23.2 Å². The largest absolute Gasteiger partial charge is 0.497 e. The lowest BCUT2D eigenvalue weighted by Gasteiger charge is -2.33. The van der Waals surface area contributed by atoms with Gasteiger partial charge in [0.15, 0.2) is 0 Å². The monoisotopic (exact) mass is 599 g/mol. The van der Waals surface area contributed by atoms with Crippen molar-refractivity contribution in [3.05, 3.63) is 52.0 Å². The molecule has 9 nitrogen and oxygen atoms in total. The average molecular weight is 601 g/mol. The van der Waals surface area contributed by atoms with Crippen LogP contribution in [0.25, 0.3) is 0 Å². The molecule has 2 amide bonds. The minimum atomic E-state index is -3.96. The fourth-order valence-corrected chi connectivity index (χ4v) is 5.95. The van der Waals surface area contributed by atoms with Gasteiger partial charge in [-0.1, -0.05) is 48.5 Å². The number of benzene rings is 2. The number of methoxy groups -OCH3 is 2. The molecular weight excluding hydrogens is 565 g/mol. The topological polar surface area (TPSA) is 105 Å². The van der Waals surface area contributed by atoms with E-state index in [0.29, 0.717) is 21.4 Å². The molecule has 3 rings (SSSR count). The highest BCUT2D eigenvalue weighted by atomic mass is 35.5. The molecule has 1 saturated carbocycles. The molecule has 12 heteroatoms. The van der Waals surface area contributed by atoms with Gasteiger partial charge < -0.3 is 19.7 Å². The van der Waals surface area contributed by atoms with E-state index in [4.69, 9.17) is 32.7 Å². The van der Waals surface area contributed by atoms with Crippen molar-refractivity contribution in [2.24, 2.45) is 0 Å². The molecule has 2 aromatic rings. The van der Waals surface area contributed by atoms with Crippen molar-refractivity contribution < 1.29 is 27.5 Å². The molecule has 1 aliphatic rings. The first-order chi connectivity index (χ1) is 18.5. The van der Waals surface area contributed by atoms with E-state index >= 15 is 0 Å². The Morgan fingerprint density at radius 3 is 2.26 bits per heavy atom. The summed E-state index contributed by atoms with van der Waals surface area (Å²) in [5.41, 5.74) is 0.583. The maximum absolute atomic E-state index is 13.9. The zero-order chi connectivity index (χ0) is 28.7. The van der Waals surface area contributed by atoms with Gasteiger partial charge in [-0.05, 0) is 44.0 Å². The number of anilines is 1. The van der Waals surface area contributed by atoms with Gasteiger partial charge in [0.05, 0.1) is 26.2 Å². The number of hydrogen-bond donors (Lipinski definition) is 1. The summed E-state index contributed by atoms with van der Waals surface area (Å²) in [6.45, 7) is 0.923. The molecule has 0 radical (unpaired) electrons. The van der Waals surface area contributed by atoms with Crippen LogP contribution in [0.2, 0.25) is 10.0 Å². The predicted molar refractivity (Wildman–Crippen MR) is 153 cm³/mol. The number of amides is 2. The molecule has 1 unspecified atom stereocenters. The normalized spacial score (nSPS) is 14.8. The number of halogens is 2. The minimum Gasteiger partial charge on any atom is -0.497 e. The van der Waals surface area contributed by atoms with Gasteiger partial charge in [-0.25, -0.2) is 8.42 Å². The van der Waals surface area contributed by atoms with E-state index in [0.717, 1.165) is 42.7 Å². The third kappa shape index (κ3) is 7.93. The van der Waals surface area contributed by atoms with Crippen LogP contribution in [0.15, 0.2) is 36.4 Å². The first-order valence-corrected chi connectivity index (χ1v) is 15.3. The molecule has 0 aromatic heterocycles. The van der Waals surface area contributed by atoms with Crippen LogP contribution in [0.5, 0.6) is 11.5 Å². The summed E-state index contributed by atoms with van der Waals surface area (Å²) in [6, 6.07) is 8.71. The van der Waals surface area contributed by atoms with Crippen LogP contribution < -0.4 is 19.1 Å². The quantitative estimate of drug-likeness (QED) is 0.403. The number of sulfonamides is 1. The van der Waals surface area contributed by atoms with Crippen molar-refractivity contribution in [2.75, 3.05) is 31.3 Å². The summed E-state index contributed by atoms with van der Waals surface area (Å²) in [5.74, 6) is -0.333. The molecule has 39 heavy (non-hydrogen) atoms. The number of nitrogens with one attached hydrogen (secondary N) is 1. The van der Waals surface area contributed by atoms with Gasteiger partial charge in [0, 0.05) is 34.3 Å². The Morgan fingerprint density at radius 1 is 1.05 bits per heavy atom. The lowest BCUT2D eigenvalue weighted by atomic mass is 9.95. The molecular formula is C27H35Cl2N3O6S. The number of carbonyl (C=O) groups is 2. The molecule has 1 aliphatic carbocycles. The Morgan fingerprint density at radius 2 is 1.69 bits per heavy atom. The SMILES string of the molecule is COc1ccc(OC)c(N(CC(=O)N(Cc2c(Cl)cccc2Cl)C(C)C(=O)NC2CCCCC2)S(C)(=O)=O)c1. The van der Waals surface area contributed by atoms with Crippen molar-refractivity contribution in [1.82, 2.24) is 10.2 Å². The van der Waals surface area contributed by atoms with E-state index < -0.39 is 28.5 Å². The Kier molecular flexibility index (Phi) is 10.7. The van der Waals surface area contributed by atoms with Crippen LogP contribution in [0, 0.1) is 0 Å². The summed E-state index contributed by atoms with van der Waals surface area (Å²) in [6.07, 6.45) is 5.94. The molecule has 214 valence electrons. The maximum Gasteiger partial charge on any atom is 0.244 e. The zero-order valence-electron chi connectivity index (χ0n) is 22.6. The molecule has 0 aliphatic heterocycles. The Labute approximate surface area is 240 Å². The summed E-state index contributed by atoms with van der Waals surface area (Å²) in [7, 11) is -1.12. The number of carbonyl (C=O) groups excluding carboxylic acids is 2. The lowest BCUT2D eigenvalue weighted by Crippen LogP contribution is -2.53. The van der Waals surface area contributed by atoms with Gasteiger partial charge in [0.25, 0.3) is 0 Å². The van der Waals surface area contributed by atoms with Crippen LogP contribution in [0.4, 0.5) is 5.69 Å². The number of hydrogen-bond acceptors (Lipinski definition) is 6. The molecule has 0 bridgehead atoms. The zero-order valence-corrected chi connectivity index (χ0v) is 24.9. The second kappa shape index (κ2) is 13.6. The number of nitrogens with zero attached hydrogens (tertiary/aromatic N) is 2. The Bertz CT molecular complexity index is 1260. The van der Waals surface area contributed by atoms with Crippen molar-refractivity contribution in [2.45, 2.75) is 57.7 Å². The predicted octanol–water partition coefficient (Wildman–Crippen LogP) is 4.64. The van der Waals surface area contributed by atoms with Gasteiger partial charge >= 0.3 is 0 Å². The molecule has 0 saturated heterocycles. The second-order valence-corrected chi connectivity index (χ2v) is 12.3. The first kappa shape index (κ1) is 30.8. The summed E-state index contributed by atoms with van der Waals surface area (Å²) >= 11 is 12.8. The third-order valence-electron chi connectivity index (χ3n) is 6.84. The fourth-order valence-electron chi connectivity index (χ4n) is 4.59. The number of ether oxygens (including phenoxy) is 2. The Hall–Kier alpha value is -2.69. The molecule has 1 fully saturated rings. The molecule has 0 heterocycles. The summed E-state index contributed by atoms with van der Waals surface area (Å²) < 4.78 is 37.4. The highest BCUT2D eigenvalue weighted by Crippen LogP contribution is 2.34. The maximum atomic E-state index is 13.9. The molecule has 1 atom stereocenters. The van der Waals surface area contributed by atoms with Crippen molar-refractivity contribution in [1.29, 1.82) is 0 Å². The van der Waals surface area contributed by atoms with Crippen molar-refractivity contribution in [3.63, 3.8) is 0 Å². The van der Waals surface area contributed by atoms with Crippen molar-refractivity contribution in [3.8, 4) is 11.5 Å². The minimum absolute atomic E-state index is 0.0307. The van der Waals surface area contributed by atoms with Gasteiger partial charge in [-0.2, -0.15) is 0 Å². The second-order valence-electron chi connectivity index (χ2n) is 9.55. The van der Waals surface area contributed by atoms with E-state index in [1.165, 1.54) is 25.2 Å². The smallest absolute Gasteiger partial charge is 0.244 e. The highest BCUT2D eigenvalue weighted by Gasteiger charge is 2.33. The van der Waals surface area contributed by atoms with E-state index in [1.807, 2.05) is 0 Å². The van der Waals surface area contributed by atoms with E-state index in [1.54, 1.807) is 37.3 Å². The first-order valence-electron chi connectivity index (χ1n) is 12.7. The standard InChI is InChI=1S/C27H35Cl2N3O6S/c1-18(27(34)30-19-9-6-5-7-10-19)31(16-21-22(28)11-8-12-23(21)29)26(33)17-32(39(4,35)36)24-15-20(37-2)13-14-25(24)38-3/h8,11-15,18-19H,5-7,9-10,16-17H2,1-4H3,(H,30,34).